The molecule has 0 bridgehead atoms. The minimum Gasteiger partial charge on any atom is -0.454 e. The second kappa shape index (κ2) is 16.0. The number of anilines is 3. The van der Waals surface area contributed by atoms with Crippen molar-refractivity contribution in [1.82, 2.24) is 18.6 Å². The predicted octanol–water partition coefficient (Wildman–Crippen LogP) is 4.26. The van der Waals surface area contributed by atoms with E-state index in [-0.39, 0.29) is 47.0 Å². The van der Waals surface area contributed by atoms with Crippen LogP contribution in [0.25, 0.3) is 0 Å². The molecule has 56 heavy (non-hydrogen) atoms. The summed E-state index contributed by atoms with van der Waals surface area (Å²) in [6, 6.07) is 16.0. The summed E-state index contributed by atoms with van der Waals surface area (Å²) < 4.78 is 75.7. The van der Waals surface area contributed by atoms with Crippen LogP contribution >= 0.6 is 0 Å². The van der Waals surface area contributed by atoms with Crippen LogP contribution in [0.15, 0.2) is 70.5 Å². The van der Waals surface area contributed by atoms with Gasteiger partial charge in [0.2, 0.25) is 39.5 Å². The third kappa shape index (κ3) is 8.37. The molecule has 0 amide bonds. The standard InChI is InChI=1S/C18H20N4O6S.C18H22N4O4S/c1-12-2-4-15(22(23)24)18(19-12)20-13-6-8-21(9-7-13)29(25,26)14-3-5-16-17(10-14)28-11-27-16;1-12-2-4-15(19)18(20-12)21-13-6-8-22(9-7-13)27(23,24)14-3-5-16-17(10-14)26-11-25-16/h2-5,10,13H,6-9,11H2,1H3,(H,19,20);2-5,10,13H,6-9,11,19H2,1H3,(H,20,21). The second-order valence-electron chi connectivity index (χ2n) is 13.6. The van der Waals surface area contributed by atoms with Crippen LogP contribution in [0, 0.1) is 24.0 Å². The summed E-state index contributed by atoms with van der Waals surface area (Å²) in [5.74, 6) is 2.85. The largest absolute Gasteiger partial charge is 0.454 e. The van der Waals surface area contributed by atoms with Crippen molar-refractivity contribution in [2.75, 3.05) is 56.1 Å². The lowest BCUT2D eigenvalue weighted by Crippen LogP contribution is -2.42. The van der Waals surface area contributed by atoms with Gasteiger partial charge in [-0.3, -0.25) is 10.1 Å². The van der Waals surface area contributed by atoms with Gasteiger partial charge in [0.1, 0.15) is 5.82 Å². The Labute approximate surface area is 324 Å². The number of benzene rings is 2. The van der Waals surface area contributed by atoms with E-state index in [1.165, 1.54) is 32.9 Å². The van der Waals surface area contributed by atoms with E-state index in [9.17, 15) is 26.9 Å². The number of nitro groups is 1. The van der Waals surface area contributed by atoms with Crippen LogP contribution in [-0.2, 0) is 20.0 Å². The first-order valence-electron chi connectivity index (χ1n) is 18.0. The van der Waals surface area contributed by atoms with Crippen molar-refractivity contribution in [2.24, 2.45) is 0 Å². The number of nitrogen functional groups attached to an aromatic ring is 1. The Bertz CT molecular complexity index is 2330. The smallest absolute Gasteiger partial charge is 0.311 e. The Morgan fingerprint density at radius 3 is 1.57 bits per heavy atom. The van der Waals surface area contributed by atoms with E-state index in [2.05, 4.69) is 20.6 Å². The maximum Gasteiger partial charge on any atom is 0.311 e. The first kappa shape index (κ1) is 38.8. The number of nitrogens with zero attached hydrogens (tertiary/aromatic N) is 5. The Hall–Kier alpha value is -5.44. The van der Waals surface area contributed by atoms with Gasteiger partial charge in [-0.15, -0.1) is 0 Å². The number of pyridine rings is 2. The molecule has 4 aromatic rings. The highest BCUT2D eigenvalue weighted by Gasteiger charge is 2.33. The third-order valence-corrected chi connectivity index (χ3v) is 13.6. The van der Waals surface area contributed by atoms with E-state index in [1.807, 2.05) is 19.1 Å². The fraction of sp³-hybridized carbons (Fsp3) is 0.389. The van der Waals surface area contributed by atoms with Gasteiger partial charge in [0.25, 0.3) is 0 Å². The normalized spacial score (nSPS) is 17.5. The van der Waals surface area contributed by atoms with E-state index < -0.39 is 25.0 Å². The molecule has 0 radical (unpaired) electrons. The maximum atomic E-state index is 12.9. The second-order valence-corrected chi connectivity index (χ2v) is 17.5. The minimum absolute atomic E-state index is 0.0784. The number of rotatable bonds is 9. The summed E-state index contributed by atoms with van der Waals surface area (Å²) in [7, 11) is -7.23. The van der Waals surface area contributed by atoms with Gasteiger partial charge in [0.05, 0.1) is 20.4 Å². The molecule has 18 nitrogen and oxygen atoms in total. The number of aryl methyl sites for hydroxylation is 2. The van der Waals surface area contributed by atoms with Crippen LogP contribution < -0.4 is 35.3 Å². The molecule has 2 saturated heterocycles. The Morgan fingerprint density at radius 1 is 0.661 bits per heavy atom. The molecule has 0 atom stereocenters. The third-order valence-electron chi connectivity index (χ3n) is 9.83. The van der Waals surface area contributed by atoms with Crippen molar-refractivity contribution in [2.45, 2.75) is 61.4 Å². The lowest BCUT2D eigenvalue weighted by Gasteiger charge is -2.32. The number of hydrogen-bond donors (Lipinski definition) is 3. The van der Waals surface area contributed by atoms with E-state index in [1.54, 1.807) is 31.2 Å². The Morgan fingerprint density at radius 2 is 1.09 bits per heavy atom. The topological polar surface area (TPSA) is 231 Å². The number of piperidine rings is 2. The molecule has 2 aromatic heterocycles. The van der Waals surface area contributed by atoms with Crippen LogP contribution in [0.2, 0.25) is 0 Å². The van der Waals surface area contributed by atoms with Crippen molar-refractivity contribution in [3.8, 4) is 23.0 Å². The number of hydrogen-bond acceptors (Lipinski definition) is 15. The van der Waals surface area contributed by atoms with Crippen LogP contribution in [0.1, 0.15) is 37.1 Å². The number of nitrogens with one attached hydrogen (secondary N) is 2. The van der Waals surface area contributed by atoms with Gasteiger partial charge in [-0.1, -0.05) is 0 Å². The molecular weight excluding hydrogens is 769 g/mol. The van der Waals surface area contributed by atoms with Gasteiger partial charge < -0.3 is 35.3 Å². The quantitative estimate of drug-likeness (QED) is 0.158. The molecule has 0 aliphatic carbocycles. The van der Waals surface area contributed by atoms with Gasteiger partial charge in [-0.2, -0.15) is 8.61 Å². The number of ether oxygens (including phenoxy) is 4. The highest BCUT2D eigenvalue weighted by Crippen LogP contribution is 2.37. The molecule has 0 saturated carbocycles. The monoisotopic (exact) mass is 810 g/mol. The van der Waals surface area contributed by atoms with Crippen LogP contribution in [0.5, 0.6) is 23.0 Å². The van der Waals surface area contributed by atoms with Crippen LogP contribution in [0.3, 0.4) is 0 Å². The zero-order valence-corrected chi connectivity index (χ0v) is 32.3. The summed E-state index contributed by atoms with van der Waals surface area (Å²) in [5, 5.41) is 17.7. The SMILES string of the molecule is Cc1ccc(N)c(NC2CCN(S(=O)(=O)c3ccc4c(c3)OCO4)CC2)n1.Cc1ccc([N+](=O)[O-])c(NC2CCN(S(=O)(=O)c3ccc4c(c3)OCO4)CC2)n1. The van der Waals surface area contributed by atoms with Crippen molar-refractivity contribution in [3.63, 3.8) is 0 Å². The number of sulfonamides is 2. The number of aromatic nitrogens is 2. The molecule has 8 rings (SSSR count). The zero-order chi connectivity index (χ0) is 39.6. The molecule has 20 heteroatoms. The fourth-order valence-electron chi connectivity index (χ4n) is 6.73. The summed E-state index contributed by atoms with van der Waals surface area (Å²) in [6.07, 6.45) is 2.38. The number of nitrogens with two attached hydrogens (primary N) is 1. The first-order valence-corrected chi connectivity index (χ1v) is 20.8. The maximum absolute atomic E-state index is 12.9. The van der Waals surface area contributed by atoms with E-state index in [0.29, 0.717) is 92.1 Å². The number of fused-ring (bicyclic) bond motifs is 2. The minimum atomic E-state index is -3.66. The molecule has 2 aromatic carbocycles. The van der Waals surface area contributed by atoms with Gasteiger partial charge in [0.15, 0.2) is 23.0 Å². The average molecular weight is 811 g/mol. The van der Waals surface area contributed by atoms with Gasteiger partial charge in [0, 0.05) is 67.8 Å². The zero-order valence-electron chi connectivity index (χ0n) is 30.7. The molecule has 6 heterocycles. The van der Waals surface area contributed by atoms with E-state index >= 15 is 0 Å². The Balaban J connectivity index is 0.000000172. The van der Waals surface area contributed by atoms with Crippen molar-refractivity contribution in [3.05, 3.63) is 82.2 Å². The predicted molar refractivity (Wildman–Crippen MR) is 205 cm³/mol. The van der Waals surface area contributed by atoms with E-state index in [4.69, 9.17) is 24.7 Å². The summed E-state index contributed by atoms with van der Waals surface area (Å²) >= 11 is 0. The molecule has 4 aliphatic heterocycles. The van der Waals surface area contributed by atoms with Gasteiger partial charge in [-0.25, -0.2) is 26.8 Å². The highest BCUT2D eigenvalue weighted by atomic mass is 32.2. The molecule has 2 fully saturated rings. The molecular formula is C36H42N8O10S2. The van der Waals surface area contributed by atoms with Gasteiger partial charge in [-0.05, 0) is 82.0 Å². The summed E-state index contributed by atoms with van der Waals surface area (Å²) in [5.41, 5.74) is 8.02. The van der Waals surface area contributed by atoms with Crippen molar-refractivity contribution in [1.29, 1.82) is 0 Å². The molecule has 4 aliphatic rings. The first-order chi connectivity index (χ1) is 26.8. The summed E-state index contributed by atoms with van der Waals surface area (Å²) in [6.45, 7) is 5.32. The van der Waals surface area contributed by atoms with Crippen LogP contribution in [0.4, 0.5) is 23.0 Å². The van der Waals surface area contributed by atoms with Gasteiger partial charge >= 0.3 is 5.69 Å². The Kier molecular flexibility index (Phi) is 11.1. The lowest BCUT2D eigenvalue weighted by atomic mass is 10.1. The molecule has 298 valence electrons. The molecule has 0 spiro atoms. The molecule has 4 N–H and O–H groups in total. The highest BCUT2D eigenvalue weighted by molar-refractivity contribution is 7.89. The summed E-state index contributed by atoms with van der Waals surface area (Å²) in [4.78, 5) is 19.8. The van der Waals surface area contributed by atoms with Crippen LogP contribution in [-0.4, -0.2) is 92.2 Å². The van der Waals surface area contributed by atoms with E-state index in [0.717, 1.165) is 5.69 Å². The lowest BCUT2D eigenvalue weighted by molar-refractivity contribution is -0.384. The van der Waals surface area contributed by atoms with Crippen molar-refractivity contribution < 1.29 is 40.7 Å². The fourth-order valence-corrected chi connectivity index (χ4v) is 9.70. The average Bonchev–Trinajstić information content (AvgIpc) is 3.86. The molecule has 0 unspecified atom stereocenters. The van der Waals surface area contributed by atoms with Crippen molar-refractivity contribution >= 4 is 43.1 Å².